The van der Waals surface area contributed by atoms with Gasteiger partial charge in [-0.15, -0.1) is 0 Å². The van der Waals surface area contributed by atoms with Crippen molar-refractivity contribution in [2.75, 3.05) is 13.2 Å². The van der Waals surface area contributed by atoms with Gasteiger partial charge >= 0.3 is 0 Å². The lowest BCUT2D eigenvalue weighted by atomic mass is 10.2. The van der Waals surface area contributed by atoms with Crippen molar-refractivity contribution in [2.24, 2.45) is 0 Å². The first-order valence-electron chi connectivity index (χ1n) is 3.77. The Morgan fingerprint density at radius 2 is 2.11 bits per heavy atom. The van der Waals surface area contributed by atoms with E-state index in [1.165, 1.54) is 19.3 Å². The van der Waals surface area contributed by atoms with Gasteiger partial charge in [-0.25, -0.2) is 0 Å². The fraction of sp³-hybridized carbons (Fsp3) is 0.875. The molecule has 0 unspecified atom stereocenters. The standard InChI is InChI=1S/C8H17O/c1-3-5-6-7-8-9-4-2/h3H,4-8H2,1-2H3. The van der Waals surface area contributed by atoms with Gasteiger partial charge in [-0.05, 0) is 19.8 Å². The van der Waals surface area contributed by atoms with E-state index in [0.717, 1.165) is 13.2 Å². The van der Waals surface area contributed by atoms with Crippen molar-refractivity contribution in [3.63, 3.8) is 0 Å². The Morgan fingerprint density at radius 1 is 1.33 bits per heavy atom. The quantitative estimate of drug-likeness (QED) is 0.500. The Balaban J connectivity index is 2.60. The van der Waals surface area contributed by atoms with Crippen molar-refractivity contribution in [1.82, 2.24) is 0 Å². The molecule has 0 fully saturated rings. The Bertz CT molecular complexity index is 37.8. The Hall–Kier alpha value is -0.0400. The van der Waals surface area contributed by atoms with Crippen LogP contribution in [0.5, 0.6) is 0 Å². The molecule has 0 atom stereocenters. The van der Waals surface area contributed by atoms with Crippen molar-refractivity contribution in [2.45, 2.75) is 33.1 Å². The Labute approximate surface area is 58.4 Å². The van der Waals surface area contributed by atoms with Crippen LogP contribution < -0.4 is 0 Å². The maximum absolute atomic E-state index is 5.17. The SMILES string of the molecule is C[CH]CCCCOCC. The van der Waals surface area contributed by atoms with E-state index in [9.17, 15) is 0 Å². The lowest BCUT2D eigenvalue weighted by Gasteiger charge is -1.98. The van der Waals surface area contributed by atoms with Crippen LogP contribution in [0.25, 0.3) is 0 Å². The Kier molecular flexibility index (Phi) is 7.92. The first kappa shape index (κ1) is 8.96. The average molecular weight is 129 g/mol. The van der Waals surface area contributed by atoms with Gasteiger partial charge in [-0.3, -0.25) is 0 Å². The third-order valence-corrected chi connectivity index (χ3v) is 1.24. The fourth-order valence-electron chi connectivity index (χ4n) is 0.697. The molecule has 0 spiro atoms. The minimum atomic E-state index is 0.857. The molecule has 0 aromatic carbocycles. The topological polar surface area (TPSA) is 9.23 Å². The van der Waals surface area contributed by atoms with Gasteiger partial charge in [0, 0.05) is 13.2 Å². The molecule has 0 aliphatic heterocycles. The summed E-state index contributed by atoms with van der Waals surface area (Å²) in [4.78, 5) is 0. The van der Waals surface area contributed by atoms with Crippen molar-refractivity contribution < 1.29 is 4.74 Å². The number of unbranched alkanes of at least 4 members (excludes halogenated alkanes) is 3. The van der Waals surface area contributed by atoms with E-state index in [0.29, 0.717) is 0 Å². The zero-order valence-corrected chi connectivity index (χ0v) is 6.52. The summed E-state index contributed by atoms with van der Waals surface area (Å²) in [5, 5.41) is 0. The summed E-state index contributed by atoms with van der Waals surface area (Å²) in [6, 6.07) is 0. The zero-order chi connectivity index (χ0) is 6.95. The molecule has 0 bridgehead atoms. The maximum atomic E-state index is 5.17. The molecule has 0 saturated heterocycles. The van der Waals surface area contributed by atoms with Crippen LogP contribution in [-0.2, 0) is 4.74 Å². The van der Waals surface area contributed by atoms with E-state index in [4.69, 9.17) is 4.74 Å². The van der Waals surface area contributed by atoms with Gasteiger partial charge < -0.3 is 4.74 Å². The molecular weight excluding hydrogens is 112 g/mol. The predicted molar refractivity (Wildman–Crippen MR) is 40.3 cm³/mol. The van der Waals surface area contributed by atoms with E-state index < -0.39 is 0 Å². The van der Waals surface area contributed by atoms with Crippen LogP contribution in [0.2, 0.25) is 0 Å². The maximum Gasteiger partial charge on any atom is 0.0465 e. The fourth-order valence-corrected chi connectivity index (χ4v) is 0.697. The molecule has 0 amide bonds. The van der Waals surface area contributed by atoms with Crippen molar-refractivity contribution in [3.8, 4) is 0 Å². The minimum absolute atomic E-state index is 0.857. The van der Waals surface area contributed by atoms with Crippen LogP contribution in [0.4, 0.5) is 0 Å². The number of ether oxygens (including phenoxy) is 1. The third-order valence-electron chi connectivity index (χ3n) is 1.24. The molecule has 0 N–H and O–H groups in total. The lowest BCUT2D eigenvalue weighted by Crippen LogP contribution is -1.92. The lowest BCUT2D eigenvalue weighted by molar-refractivity contribution is 0.143. The van der Waals surface area contributed by atoms with Gasteiger partial charge in [0.1, 0.15) is 0 Å². The van der Waals surface area contributed by atoms with Gasteiger partial charge in [0.2, 0.25) is 0 Å². The van der Waals surface area contributed by atoms with E-state index >= 15 is 0 Å². The van der Waals surface area contributed by atoms with Crippen LogP contribution >= 0.6 is 0 Å². The first-order chi connectivity index (χ1) is 4.41. The molecule has 1 nitrogen and oxygen atoms in total. The summed E-state index contributed by atoms with van der Waals surface area (Å²) in [6.07, 6.45) is 5.91. The molecule has 0 aliphatic rings. The van der Waals surface area contributed by atoms with E-state index in [1.54, 1.807) is 0 Å². The largest absolute Gasteiger partial charge is 0.382 e. The molecule has 55 valence electrons. The molecule has 9 heavy (non-hydrogen) atoms. The van der Waals surface area contributed by atoms with Gasteiger partial charge in [0.25, 0.3) is 0 Å². The molecule has 0 heterocycles. The molecule has 1 radical (unpaired) electrons. The monoisotopic (exact) mass is 129 g/mol. The second kappa shape index (κ2) is 7.96. The summed E-state index contributed by atoms with van der Waals surface area (Å²) < 4.78 is 5.17. The van der Waals surface area contributed by atoms with Gasteiger partial charge in [0.05, 0.1) is 0 Å². The van der Waals surface area contributed by atoms with Crippen molar-refractivity contribution >= 4 is 0 Å². The highest BCUT2D eigenvalue weighted by Gasteiger charge is 1.85. The van der Waals surface area contributed by atoms with Crippen molar-refractivity contribution in [3.05, 3.63) is 6.42 Å². The highest BCUT2D eigenvalue weighted by molar-refractivity contribution is 4.54. The normalized spacial score (nSPS) is 10.0. The molecule has 0 aromatic heterocycles. The number of rotatable bonds is 6. The van der Waals surface area contributed by atoms with Crippen molar-refractivity contribution in [1.29, 1.82) is 0 Å². The summed E-state index contributed by atoms with van der Waals surface area (Å²) in [7, 11) is 0. The summed E-state index contributed by atoms with van der Waals surface area (Å²) in [5.74, 6) is 0. The van der Waals surface area contributed by atoms with E-state index in [-0.39, 0.29) is 0 Å². The summed E-state index contributed by atoms with van der Waals surface area (Å²) in [6.45, 7) is 5.92. The summed E-state index contributed by atoms with van der Waals surface area (Å²) >= 11 is 0. The van der Waals surface area contributed by atoms with Crippen LogP contribution in [-0.4, -0.2) is 13.2 Å². The smallest absolute Gasteiger partial charge is 0.0465 e. The number of hydrogen-bond donors (Lipinski definition) is 0. The van der Waals surface area contributed by atoms with Crippen LogP contribution in [0, 0.1) is 6.42 Å². The zero-order valence-electron chi connectivity index (χ0n) is 6.52. The first-order valence-corrected chi connectivity index (χ1v) is 3.77. The van der Waals surface area contributed by atoms with E-state index in [2.05, 4.69) is 13.3 Å². The van der Waals surface area contributed by atoms with Gasteiger partial charge in [0.15, 0.2) is 0 Å². The molecule has 0 saturated carbocycles. The highest BCUT2D eigenvalue weighted by Crippen LogP contribution is 1.97. The molecular formula is C8H17O. The summed E-state index contributed by atoms with van der Waals surface area (Å²) in [5.41, 5.74) is 0. The molecule has 0 aliphatic carbocycles. The predicted octanol–water partition coefficient (Wildman–Crippen LogP) is 2.42. The molecule has 1 heteroatoms. The van der Waals surface area contributed by atoms with E-state index in [1.807, 2.05) is 6.92 Å². The highest BCUT2D eigenvalue weighted by atomic mass is 16.5. The van der Waals surface area contributed by atoms with Crippen LogP contribution in [0.15, 0.2) is 0 Å². The molecule has 0 aromatic rings. The number of hydrogen-bond acceptors (Lipinski definition) is 1. The van der Waals surface area contributed by atoms with Crippen LogP contribution in [0.3, 0.4) is 0 Å². The van der Waals surface area contributed by atoms with Gasteiger partial charge in [-0.2, -0.15) is 0 Å². The molecule has 0 rings (SSSR count). The average Bonchev–Trinajstić information content (AvgIpc) is 1.89. The van der Waals surface area contributed by atoms with Gasteiger partial charge in [-0.1, -0.05) is 19.8 Å². The third kappa shape index (κ3) is 7.96. The second-order valence-corrected chi connectivity index (χ2v) is 2.10. The second-order valence-electron chi connectivity index (χ2n) is 2.10. The minimum Gasteiger partial charge on any atom is -0.382 e. The Morgan fingerprint density at radius 3 is 2.67 bits per heavy atom. The van der Waals surface area contributed by atoms with Crippen LogP contribution in [0.1, 0.15) is 33.1 Å².